The Kier molecular flexibility index (Phi) is 3.73. The molecule has 2 saturated carbocycles. The molecule has 2 bridgehead atoms. The van der Waals surface area contributed by atoms with Crippen molar-refractivity contribution in [1.29, 1.82) is 0 Å². The molecule has 0 heterocycles. The van der Waals surface area contributed by atoms with Gasteiger partial charge in [-0.25, -0.2) is 8.78 Å². The van der Waals surface area contributed by atoms with Crippen molar-refractivity contribution in [3.05, 3.63) is 0 Å². The Bertz CT molecular complexity index is 374. The Labute approximate surface area is 112 Å². The van der Waals surface area contributed by atoms with Crippen molar-refractivity contribution in [3.8, 4) is 0 Å². The zero-order valence-corrected chi connectivity index (χ0v) is 10.7. The number of hydrogen-bond donors (Lipinski definition) is 1. The van der Waals surface area contributed by atoms with E-state index in [1.807, 2.05) is 0 Å². The van der Waals surface area contributed by atoms with Gasteiger partial charge in [0.05, 0.1) is 12.0 Å². The number of halogens is 5. The highest BCUT2D eigenvalue weighted by Crippen LogP contribution is 2.49. The molecule has 0 amide bonds. The molecule has 2 aliphatic rings. The molecule has 0 spiro atoms. The number of hydrogen-bond acceptors (Lipinski definition) is 3. The Morgan fingerprint density at radius 3 is 2.10 bits per heavy atom. The van der Waals surface area contributed by atoms with E-state index in [4.69, 9.17) is 0 Å². The van der Waals surface area contributed by atoms with Gasteiger partial charge in [-0.3, -0.25) is 4.79 Å². The fourth-order valence-electron chi connectivity index (χ4n) is 3.20. The maximum atomic E-state index is 12.9. The molecule has 1 N–H and O–H groups in total. The molecule has 8 heteroatoms. The van der Waals surface area contributed by atoms with Gasteiger partial charge in [0.2, 0.25) is 0 Å². The van der Waals surface area contributed by atoms with Gasteiger partial charge in [0, 0.05) is 6.92 Å². The summed E-state index contributed by atoms with van der Waals surface area (Å²) in [4.78, 5) is 11.7. The number of ether oxygens (including phenoxy) is 1. The number of alkyl halides is 5. The lowest BCUT2D eigenvalue weighted by molar-refractivity contribution is -0.275. The zero-order chi connectivity index (χ0) is 15.3. The summed E-state index contributed by atoms with van der Waals surface area (Å²) in [6.45, 7) is 0.0724. The van der Waals surface area contributed by atoms with Gasteiger partial charge in [-0.15, -0.1) is 0 Å². The molecule has 2 rings (SSSR count). The van der Waals surface area contributed by atoms with E-state index in [0.717, 1.165) is 0 Å². The average molecular weight is 302 g/mol. The van der Waals surface area contributed by atoms with E-state index in [-0.39, 0.29) is 25.2 Å². The molecule has 116 valence electrons. The standard InChI is InChI=1S/C12H15F5O3/c1-11(13,14)10(12(15,16)17)20-9(19)7-3-6-2-5(7)4-8(6)18/h5-8,10,18H,2-4H2,1H3. The monoisotopic (exact) mass is 302 g/mol. The second-order valence-corrected chi connectivity index (χ2v) is 5.72. The van der Waals surface area contributed by atoms with Crippen LogP contribution in [0.4, 0.5) is 22.0 Å². The molecule has 0 saturated heterocycles. The predicted molar refractivity (Wildman–Crippen MR) is 56.9 cm³/mol. The van der Waals surface area contributed by atoms with E-state index < -0.39 is 36.2 Å². The molecule has 3 nitrogen and oxygen atoms in total. The Hall–Kier alpha value is -0.920. The third-order valence-corrected chi connectivity index (χ3v) is 4.11. The van der Waals surface area contributed by atoms with Gasteiger partial charge in [0.1, 0.15) is 0 Å². The fourth-order valence-corrected chi connectivity index (χ4v) is 3.20. The van der Waals surface area contributed by atoms with Crippen molar-refractivity contribution in [2.75, 3.05) is 0 Å². The van der Waals surface area contributed by atoms with Crippen LogP contribution in [0.5, 0.6) is 0 Å². The van der Waals surface area contributed by atoms with Crippen LogP contribution in [0.3, 0.4) is 0 Å². The van der Waals surface area contributed by atoms with E-state index in [9.17, 15) is 31.9 Å². The second-order valence-electron chi connectivity index (χ2n) is 5.72. The number of carbonyl (C=O) groups excluding carboxylic acids is 1. The average Bonchev–Trinajstić information content (AvgIpc) is 2.80. The summed E-state index contributed by atoms with van der Waals surface area (Å²) in [5.41, 5.74) is 0. The van der Waals surface area contributed by atoms with E-state index in [0.29, 0.717) is 12.8 Å². The number of aliphatic hydroxyl groups is 1. The van der Waals surface area contributed by atoms with Crippen molar-refractivity contribution in [2.24, 2.45) is 17.8 Å². The number of carbonyl (C=O) groups is 1. The molecule has 2 fully saturated rings. The first-order chi connectivity index (χ1) is 9.00. The number of esters is 1. The maximum Gasteiger partial charge on any atom is 0.431 e. The topological polar surface area (TPSA) is 46.5 Å². The van der Waals surface area contributed by atoms with Gasteiger partial charge in [-0.1, -0.05) is 0 Å². The highest BCUT2D eigenvalue weighted by Gasteiger charge is 2.57. The van der Waals surface area contributed by atoms with Crippen LogP contribution >= 0.6 is 0 Å². The first-order valence-electron chi connectivity index (χ1n) is 6.33. The summed E-state index contributed by atoms with van der Waals surface area (Å²) >= 11 is 0. The molecule has 2 aliphatic carbocycles. The van der Waals surface area contributed by atoms with Crippen LogP contribution in [0.1, 0.15) is 26.2 Å². The van der Waals surface area contributed by atoms with E-state index in [2.05, 4.69) is 4.74 Å². The summed E-state index contributed by atoms with van der Waals surface area (Å²) in [6, 6.07) is 0. The minimum Gasteiger partial charge on any atom is -0.446 e. The van der Waals surface area contributed by atoms with Gasteiger partial charge >= 0.3 is 12.1 Å². The molecule has 0 aromatic rings. The molecule has 0 radical (unpaired) electrons. The largest absolute Gasteiger partial charge is 0.446 e. The van der Waals surface area contributed by atoms with Crippen molar-refractivity contribution in [3.63, 3.8) is 0 Å². The normalized spacial score (nSPS) is 35.1. The van der Waals surface area contributed by atoms with Crippen molar-refractivity contribution in [2.45, 2.75) is 50.5 Å². The quantitative estimate of drug-likeness (QED) is 0.644. The van der Waals surface area contributed by atoms with Gasteiger partial charge in [-0.05, 0) is 31.1 Å². The van der Waals surface area contributed by atoms with Gasteiger partial charge in [-0.2, -0.15) is 13.2 Å². The second kappa shape index (κ2) is 4.82. The van der Waals surface area contributed by atoms with Crippen LogP contribution in [0.2, 0.25) is 0 Å². The molecule has 5 atom stereocenters. The van der Waals surface area contributed by atoms with Gasteiger partial charge in [0.25, 0.3) is 12.0 Å². The SMILES string of the molecule is CC(F)(F)C(OC(=O)C1CC2CC1CC2O)C(F)(F)F. The Morgan fingerprint density at radius 2 is 1.75 bits per heavy atom. The fraction of sp³-hybridized carbons (Fsp3) is 0.917. The lowest BCUT2D eigenvalue weighted by Crippen LogP contribution is -2.47. The lowest BCUT2D eigenvalue weighted by atomic mass is 9.87. The van der Waals surface area contributed by atoms with Crippen LogP contribution < -0.4 is 0 Å². The van der Waals surface area contributed by atoms with E-state index in [1.54, 1.807) is 0 Å². The number of rotatable bonds is 3. The van der Waals surface area contributed by atoms with Crippen molar-refractivity contribution < 1.29 is 36.6 Å². The van der Waals surface area contributed by atoms with Crippen molar-refractivity contribution in [1.82, 2.24) is 0 Å². The van der Waals surface area contributed by atoms with Crippen LogP contribution in [-0.2, 0) is 9.53 Å². The lowest BCUT2D eigenvalue weighted by Gasteiger charge is -2.29. The molecule has 0 aliphatic heterocycles. The van der Waals surface area contributed by atoms with Crippen LogP contribution in [0, 0.1) is 17.8 Å². The van der Waals surface area contributed by atoms with Gasteiger partial charge < -0.3 is 9.84 Å². The van der Waals surface area contributed by atoms with Crippen LogP contribution in [-0.4, -0.2) is 35.4 Å². The third-order valence-electron chi connectivity index (χ3n) is 4.11. The Morgan fingerprint density at radius 1 is 1.15 bits per heavy atom. The summed E-state index contributed by atoms with van der Waals surface area (Å²) in [5, 5.41) is 9.51. The molecule has 20 heavy (non-hydrogen) atoms. The predicted octanol–water partition coefficient (Wildman–Crippen LogP) is 2.52. The number of aliphatic hydroxyl groups excluding tert-OH is 1. The summed E-state index contributed by atoms with van der Waals surface area (Å²) < 4.78 is 67.5. The van der Waals surface area contributed by atoms with Crippen molar-refractivity contribution >= 4 is 5.97 Å². The maximum absolute atomic E-state index is 12.9. The molecule has 5 unspecified atom stereocenters. The zero-order valence-electron chi connectivity index (χ0n) is 10.7. The molecule has 0 aromatic heterocycles. The first kappa shape index (κ1) is 15.5. The molecule has 0 aromatic carbocycles. The van der Waals surface area contributed by atoms with E-state index >= 15 is 0 Å². The number of fused-ring (bicyclic) bond motifs is 2. The molecular formula is C12H15F5O3. The highest BCUT2D eigenvalue weighted by molar-refractivity contribution is 5.74. The first-order valence-corrected chi connectivity index (χ1v) is 6.33. The Balaban J connectivity index is 2.04. The minimum atomic E-state index is -5.31. The summed E-state index contributed by atoms with van der Waals surface area (Å²) in [5.74, 6) is -6.68. The van der Waals surface area contributed by atoms with E-state index in [1.165, 1.54) is 0 Å². The minimum absolute atomic E-state index is 0.0724. The molecular weight excluding hydrogens is 287 g/mol. The van der Waals surface area contributed by atoms with Gasteiger partial charge in [0.15, 0.2) is 0 Å². The highest BCUT2D eigenvalue weighted by atomic mass is 19.4. The van der Waals surface area contributed by atoms with Crippen LogP contribution in [0.25, 0.3) is 0 Å². The smallest absolute Gasteiger partial charge is 0.431 e. The summed E-state index contributed by atoms with van der Waals surface area (Å²) in [7, 11) is 0. The van der Waals surface area contributed by atoms with Crippen LogP contribution in [0.15, 0.2) is 0 Å². The summed E-state index contributed by atoms with van der Waals surface area (Å²) in [6.07, 6.45) is -8.26. The third kappa shape index (κ3) is 2.89.